The van der Waals surface area contributed by atoms with Crippen molar-refractivity contribution in [2.24, 2.45) is 0 Å². The summed E-state index contributed by atoms with van der Waals surface area (Å²) in [6.45, 7) is 0. The van der Waals surface area contributed by atoms with E-state index in [0.29, 0.717) is 0 Å². The average molecular weight is 205 g/mol. The molecule has 9 heavy (non-hydrogen) atoms. The summed E-state index contributed by atoms with van der Waals surface area (Å²) in [6, 6.07) is 1.81. The summed E-state index contributed by atoms with van der Waals surface area (Å²) in [5, 5.41) is 0.796. The van der Waals surface area contributed by atoms with Gasteiger partial charge < -0.3 is 0 Å². The number of aromatic nitrogens is 2. The Morgan fingerprint density at radius 3 is 2.89 bits per heavy atom. The fourth-order valence-corrected chi connectivity index (χ4v) is 1.18. The third-order valence-electron chi connectivity index (χ3n) is 0.782. The molecular formula is C5H5BrN2S. The molecule has 0 aliphatic carbocycles. The summed E-state index contributed by atoms with van der Waals surface area (Å²) in [5.41, 5.74) is 0. The lowest BCUT2D eigenvalue weighted by atomic mass is 10.7. The van der Waals surface area contributed by atoms with Crippen LogP contribution in [0.5, 0.6) is 0 Å². The molecule has 1 aromatic heterocycles. The van der Waals surface area contributed by atoms with Crippen LogP contribution in [-0.2, 0) is 0 Å². The van der Waals surface area contributed by atoms with Crippen molar-refractivity contribution in [1.82, 2.24) is 9.97 Å². The van der Waals surface area contributed by atoms with Crippen molar-refractivity contribution < 1.29 is 0 Å². The highest BCUT2D eigenvalue weighted by atomic mass is 79.9. The Bertz CT molecular complexity index is 204. The predicted molar refractivity (Wildman–Crippen MR) is 41.5 cm³/mol. The number of halogens is 1. The SMILES string of the molecule is CSc1nccc(Br)n1. The third kappa shape index (κ3) is 1.95. The number of thioether (sulfide) groups is 1. The van der Waals surface area contributed by atoms with Gasteiger partial charge in [-0.05, 0) is 28.3 Å². The summed E-state index contributed by atoms with van der Waals surface area (Å²) < 4.78 is 0.835. The lowest BCUT2D eigenvalue weighted by Gasteiger charge is -1.91. The molecule has 48 valence electrons. The maximum Gasteiger partial charge on any atom is 0.188 e. The summed E-state index contributed by atoms with van der Waals surface area (Å²) in [7, 11) is 0. The van der Waals surface area contributed by atoms with Gasteiger partial charge in [-0.25, -0.2) is 9.97 Å². The van der Waals surface area contributed by atoms with Crippen LogP contribution in [0.2, 0.25) is 0 Å². The minimum Gasteiger partial charge on any atom is -0.231 e. The number of nitrogens with zero attached hydrogens (tertiary/aromatic N) is 2. The van der Waals surface area contributed by atoms with Crippen molar-refractivity contribution in [3.8, 4) is 0 Å². The van der Waals surface area contributed by atoms with E-state index in [1.54, 1.807) is 12.3 Å². The third-order valence-corrected chi connectivity index (χ3v) is 1.79. The van der Waals surface area contributed by atoms with Gasteiger partial charge in [-0.2, -0.15) is 0 Å². The summed E-state index contributed by atoms with van der Waals surface area (Å²) in [5.74, 6) is 0. The van der Waals surface area contributed by atoms with E-state index in [1.807, 2.05) is 6.26 Å². The Kier molecular flexibility index (Phi) is 2.48. The van der Waals surface area contributed by atoms with E-state index >= 15 is 0 Å². The summed E-state index contributed by atoms with van der Waals surface area (Å²) in [4.78, 5) is 8.04. The zero-order valence-electron chi connectivity index (χ0n) is 4.84. The molecule has 0 saturated heterocycles. The molecule has 0 amide bonds. The lowest BCUT2D eigenvalue weighted by molar-refractivity contribution is 0.951. The largest absolute Gasteiger partial charge is 0.231 e. The van der Waals surface area contributed by atoms with Crippen LogP contribution in [0.15, 0.2) is 22.0 Å². The molecule has 1 aromatic rings. The average Bonchev–Trinajstić information content (AvgIpc) is 1.88. The van der Waals surface area contributed by atoms with Crippen molar-refractivity contribution in [2.75, 3.05) is 6.26 Å². The van der Waals surface area contributed by atoms with Crippen molar-refractivity contribution in [3.63, 3.8) is 0 Å². The molecule has 0 spiro atoms. The molecule has 0 aliphatic rings. The Hall–Kier alpha value is -0.0900. The van der Waals surface area contributed by atoms with E-state index < -0.39 is 0 Å². The fraction of sp³-hybridized carbons (Fsp3) is 0.200. The number of hydrogen-bond acceptors (Lipinski definition) is 3. The molecule has 0 N–H and O–H groups in total. The van der Waals surface area contributed by atoms with Crippen molar-refractivity contribution in [3.05, 3.63) is 16.9 Å². The maximum absolute atomic E-state index is 4.06. The minimum absolute atomic E-state index is 0.796. The second-order valence-electron chi connectivity index (χ2n) is 1.37. The monoisotopic (exact) mass is 204 g/mol. The van der Waals surface area contributed by atoms with Gasteiger partial charge in [0.25, 0.3) is 0 Å². The Morgan fingerprint density at radius 2 is 2.44 bits per heavy atom. The molecular weight excluding hydrogens is 200 g/mol. The topological polar surface area (TPSA) is 25.8 Å². The molecule has 0 aliphatic heterocycles. The van der Waals surface area contributed by atoms with E-state index in [0.717, 1.165) is 9.76 Å². The van der Waals surface area contributed by atoms with Crippen LogP contribution in [-0.4, -0.2) is 16.2 Å². The zero-order valence-corrected chi connectivity index (χ0v) is 7.24. The van der Waals surface area contributed by atoms with Gasteiger partial charge in [0, 0.05) is 6.20 Å². The van der Waals surface area contributed by atoms with Gasteiger partial charge in [0.15, 0.2) is 5.16 Å². The number of rotatable bonds is 1. The highest BCUT2D eigenvalue weighted by Crippen LogP contribution is 2.10. The first-order valence-electron chi connectivity index (χ1n) is 2.35. The van der Waals surface area contributed by atoms with Crippen LogP contribution in [0, 0.1) is 0 Å². The summed E-state index contributed by atoms with van der Waals surface area (Å²) in [6.07, 6.45) is 3.67. The van der Waals surface area contributed by atoms with E-state index in [2.05, 4.69) is 25.9 Å². The molecule has 4 heteroatoms. The van der Waals surface area contributed by atoms with Gasteiger partial charge in [0.1, 0.15) is 4.60 Å². The zero-order chi connectivity index (χ0) is 6.69. The minimum atomic E-state index is 0.796. The molecule has 0 saturated carbocycles. The highest BCUT2D eigenvalue weighted by Gasteiger charge is 1.91. The molecule has 0 bridgehead atoms. The van der Waals surface area contributed by atoms with Gasteiger partial charge in [0.2, 0.25) is 0 Å². The first kappa shape index (κ1) is 7.02. The van der Waals surface area contributed by atoms with Crippen LogP contribution < -0.4 is 0 Å². The standard InChI is InChI=1S/C5H5BrN2S/c1-9-5-7-3-2-4(6)8-5/h2-3H,1H3. The molecule has 0 unspecified atom stereocenters. The van der Waals surface area contributed by atoms with Crippen LogP contribution in [0.25, 0.3) is 0 Å². The molecule has 1 heterocycles. The van der Waals surface area contributed by atoms with Crippen molar-refractivity contribution in [2.45, 2.75) is 5.16 Å². The van der Waals surface area contributed by atoms with Gasteiger partial charge >= 0.3 is 0 Å². The highest BCUT2D eigenvalue weighted by molar-refractivity contribution is 9.10. The van der Waals surface area contributed by atoms with Crippen LogP contribution in [0.4, 0.5) is 0 Å². The van der Waals surface area contributed by atoms with Gasteiger partial charge in [-0.15, -0.1) is 0 Å². The quantitative estimate of drug-likeness (QED) is 0.398. The second kappa shape index (κ2) is 3.17. The molecule has 2 nitrogen and oxygen atoms in total. The van der Waals surface area contributed by atoms with Gasteiger partial charge in [0.05, 0.1) is 0 Å². The maximum atomic E-state index is 4.06. The molecule has 0 aromatic carbocycles. The van der Waals surface area contributed by atoms with Gasteiger partial charge in [-0.1, -0.05) is 11.8 Å². The van der Waals surface area contributed by atoms with Crippen LogP contribution >= 0.6 is 27.7 Å². The normalized spacial score (nSPS) is 9.56. The molecule has 0 atom stereocenters. The van der Waals surface area contributed by atoms with Crippen LogP contribution in [0.3, 0.4) is 0 Å². The van der Waals surface area contributed by atoms with Crippen molar-refractivity contribution in [1.29, 1.82) is 0 Å². The lowest BCUT2D eigenvalue weighted by Crippen LogP contribution is -1.82. The van der Waals surface area contributed by atoms with Crippen LogP contribution in [0.1, 0.15) is 0 Å². The second-order valence-corrected chi connectivity index (χ2v) is 2.95. The first-order valence-corrected chi connectivity index (χ1v) is 4.37. The first-order chi connectivity index (χ1) is 4.33. The Morgan fingerprint density at radius 1 is 1.67 bits per heavy atom. The fourth-order valence-electron chi connectivity index (χ4n) is 0.418. The smallest absolute Gasteiger partial charge is 0.188 e. The van der Waals surface area contributed by atoms with E-state index in [9.17, 15) is 0 Å². The van der Waals surface area contributed by atoms with Gasteiger partial charge in [-0.3, -0.25) is 0 Å². The predicted octanol–water partition coefficient (Wildman–Crippen LogP) is 1.96. The van der Waals surface area contributed by atoms with E-state index in [1.165, 1.54) is 11.8 Å². The van der Waals surface area contributed by atoms with E-state index in [-0.39, 0.29) is 0 Å². The van der Waals surface area contributed by atoms with Crippen molar-refractivity contribution >= 4 is 27.7 Å². The Balaban J connectivity index is 2.94. The molecule has 0 fully saturated rings. The Labute approximate surface area is 66.2 Å². The summed E-state index contributed by atoms with van der Waals surface area (Å²) >= 11 is 4.77. The molecule has 0 radical (unpaired) electrons. The van der Waals surface area contributed by atoms with E-state index in [4.69, 9.17) is 0 Å². The number of hydrogen-bond donors (Lipinski definition) is 0. The molecule has 1 rings (SSSR count).